The van der Waals surface area contributed by atoms with Gasteiger partial charge in [0.25, 0.3) is 0 Å². The number of aliphatic hydroxyl groups is 1. The Kier molecular flexibility index (Phi) is 6.70. The van der Waals surface area contributed by atoms with E-state index in [0.717, 1.165) is 51.2 Å². The fraction of sp³-hybridized carbons (Fsp3) is 0.706. The van der Waals surface area contributed by atoms with Crippen molar-refractivity contribution >= 4 is 17.3 Å². The molecule has 1 aromatic heterocycles. The topological polar surface area (TPSA) is 47.9 Å². The van der Waals surface area contributed by atoms with E-state index in [2.05, 4.69) is 41.7 Å². The smallest absolute Gasteiger partial charge is 0.193 e. The summed E-state index contributed by atoms with van der Waals surface area (Å²) in [6, 6.07) is 4.27. The normalized spacial score (nSPS) is 18.2. The SMILES string of the molecule is CCNC(=NCC1(O)CCCCC1)N(C)CCc1cccs1. The van der Waals surface area contributed by atoms with Crippen LogP contribution in [0, 0.1) is 0 Å². The number of hydrogen-bond donors (Lipinski definition) is 2. The van der Waals surface area contributed by atoms with Gasteiger partial charge in [-0.05, 0) is 37.6 Å². The quantitative estimate of drug-likeness (QED) is 0.625. The second-order valence-electron chi connectivity index (χ2n) is 6.21. The molecule has 1 aromatic rings. The predicted molar refractivity (Wildman–Crippen MR) is 94.7 cm³/mol. The Hall–Kier alpha value is -1.07. The van der Waals surface area contributed by atoms with Crippen molar-refractivity contribution in [3.63, 3.8) is 0 Å². The third-order valence-electron chi connectivity index (χ3n) is 4.28. The largest absolute Gasteiger partial charge is 0.388 e. The van der Waals surface area contributed by atoms with Gasteiger partial charge in [0.1, 0.15) is 0 Å². The lowest BCUT2D eigenvalue weighted by Gasteiger charge is -2.31. The Balaban J connectivity index is 1.90. The summed E-state index contributed by atoms with van der Waals surface area (Å²) in [7, 11) is 2.07. The molecule has 0 atom stereocenters. The average molecular weight is 324 g/mol. The maximum atomic E-state index is 10.6. The van der Waals surface area contributed by atoms with E-state index < -0.39 is 5.60 Å². The Labute approximate surface area is 138 Å². The highest BCUT2D eigenvalue weighted by Gasteiger charge is 2.29. The third kappa shape index (κ3) is 5.29. The minimum atomic E-state index is -0.590. The summed E-state index contributed by atoms with van der Waals surface area (Å²) >= 11 is 1.80. The summed E-state index contributed by atoms with van der Waals surface area (Å²) in [4.78, 5) is 8.25. The monoisotopic (exact) mass is 323 g/mol. The Bertz CT molecular complexity index is 452. The zero-order chi connectivity index (χ0) is 15.8. The highest BCUT2D eigenvalue weighted by Crippen LogP contribution is 2.28. The minimum absolute atomic E-state index is 0.513. The molecule has 1 fully saturated rings. The number of aliphatic imine (C=N–C) groups is 1. The first-order valence-electron chi connectivity index (χ1n) is 8.37. The molecule has 0 bridgehead atoms. The average Bonchev–Trinajstić information content (AvgIpc) is 3.03. The molecule has 5 heteroatoms. The van der Waals surface area contributed by atoms with Gasteiger partial charge in [-0.2, -0.15) is 0 Å². The second-order valence-corrected chi connectivity index (χ2v) is 7.24. The molecule has 0 spiro atoms. The summed E-state index contributed by atoms with van der Waals surface area (Å²) < 4.78 is 0. The van der Waals surface area contributed by atoms with E-state index in [9.17, 15) is 5.11 Å². The molecule has 0 unspecified atom stereocenters. The van der Waals surface area contributed by atoms with E-state index >= 15 is 0 Å². The van der Waals surface area contributed by atoms with Crippen LogP contribution in [-0.2, 0) is 6.42 Å². The van der Waals surface area contributed by atoms with Crippen molar-refractivity contribution in [2.45, 2.75) is 51.0 Å². The van der Waals surface area contributed by atoms with Crippen molar-refractivity contribution in [1.29, 1.82) is 0 Å². The molecule has 0 radical (unpaired) electrons. The Morgan fingerprint density at radius 3 is 2.82 bits per heavy atom. The van der Waals surface area contributed by atoms with Gasteiger partial charge in [0.05, 0.1) is 12.1 Å². The molecule has 2 rings (SSSR count). The Morgan fingerprint density at radius 2 is 2.18 bits per heavy atom. The number of hydrogen-bond acceptors (Lipinski definition) is 3. The first-order valence-corrected chi connectivity index (χ1v) is 9.25. The second kappa shape index (κ2) is 8.53. The highest BCUT2D eigenvalue weighted by molar-refractivity contribution is 7.09. The lowest BCUT2D eigenvalue weighted by molar-refractivity contribution is 0.0130. The summed E-state index contributed by atoms with van der Waals surface area (Å²) in [6.45, 7) is 4.38. The van der Waals surface area contributed by atoms with E-state index in [4.69, 9.17) is 4.99 Å². The summed E-state index contributed by atoms with van der Waals surface area (Å²) in [5, 5.41) is 16.1. The molecular formula is C17H29N3OS. The predicted octanol–water partition coefficient (Wildman–Crippen LogP) is 2.88. The number of guanidine groups is 1. The van der Waals surface area contributed by atoms with Crippen molar-refractivity contribution in [2.75, 3.05) is 26.7 Å². The van der Waals surface area contributed by atoms with E-state index in [1.807, 2.05) is 0 Å². The summed E-state index contributed by atoms with van der Waals surface area (Å²) in [5.74, 6) is 0.901. The van der Waals surface area contributed by atoms with Gasteiger partial charge in [-0.3, -0.25) is 4.99 Å². The van der Waals surface area contributed by atoms with Gasteiger partial charge in [-0.1, -0.05) is 25.3 Å². The van der Waals surface area contributed by atoms with Gasteiger partial charge in [0.2, 0.25) is 0 Å². The molecule has 0 saturated heterocycles. The molecule has 2 N–H and O–H groups in total. The fourth-order valence-electron chi connectivity index (χ4n) is 2.90. The maximum Gasteiger partial charge on any atom is 0.193 e. The highest BCUT2D eigenvalue weighted by atomic mass is 32.1. The zero-order valence-electron chi connectivity index (χ0n) is 13.8. The molecule has 0 aliphatic heterocycles. The number of rotatable bonds is 6. The van der Waals surface area contributed by atoms with Crippen LogP contribution in [0.2, 0.25) is 0 Å². The third-order valence-corrected chi connectivity index (χ3v) is 5.21. The first kappa shape index (κ1) is 17.3. The lowest BCUT2D eigenvalue weighted by Crippen LogP contribution is -2.42. The van der Waals surface area contributed by atoms with Crippen molar-refractivity contribution in [3.05, 3.63) is 22.4 Å². The van der Waals surface area contributed by atoms with Crippen LogP contribution >= 0.6 is 11.3 Å². The van der Waals surface area contributed by atoms with Crippen molar-refractivity contribution < 1.29 is 5.11 Å². The van der Waals surface area contributed by atoms with Crippen LogP contribution in [0.25, 0.3) is 0 Å². The van der Waals surface area contributed by atoms with E-state index in [0.29, 0.717) is 6.54 Å². The molecule has 1 aliphatic rings. The first-order chi connectivity index (χ1) is 10.6. The van der Waals surface area contributed by atoms with Crippen molar-refractivity contribution in [2.24, 2.45) is 4.99 Å². The molecule has 1 heterocycles. The lowest BCUT2D eigenvalue weighted by atomic mass is 9.85. The van der Waals surface area contributed by atoms with E-state index in [1.54, 1.807) is 11.3 Å². The summed E-state index contributed by atoms with van der Waals surface area (Å²) in [5.41, 5.74) is -0.590. The molecule has 0 amide bonds. The van der Waals surface area contributed by atoms with Gasteiger partial charge < -0.3 is 15.3 Å². The van der Waals surface area contributed by atoms with Crippen LogP contribution in [-0.4, -0.2) is 48.2 Å². The molecule has 124 valence electrons. The molecule has 22 heavy (non-hydrogen) atoms. The zero-order valence-corrected chi connectivity index (χ0v) is 14.7. The van der Waals surface area contributed by atoms with Gasteiger partial charge in [-0.25, -0.2) is 0 Å². The Morgan fingerprint density at radius 1 is 1.41 bits per heavy atom. The molecule has 4 nitrogen and oxygen atoms in total. The number of thiophene rings is 1. The van der Waals surface area contributed by atoms with Gasteiger partial charge in [-0.15, -0.1) is 11.3 Å². The van der Waals surface area contributed by atoms with Crippen LogP contribution in [0.15, 0.2) is 22.5 Å². The number of likely N-dealkylation sites (N-methyl/N-ethyl adjacent to an activating group) is 1. The molecule has 0 aromatic carbocycles. The van der Waals surface area contributed by atoms with E-state index in [-0.39, 0.29) is 0 Å². The fourth-order valence-corrected chi connectivity index (χ4v) is 3.60. The van der Waals surface area contributed by atoms with Gasteiger partial charge >= 0.3 is 0 Å². The van der Waals surface area contributed by atoms with E-state index in [1.165, 1.54) is 11.3 Å². The minimum Gasteiger partial charge on any atom is -0.388 e. The van der Waals surface area contributed by atoms with Gasteiger partial charge in [0.15, 0.2) is 5.96 Å². The number of nitrogens with zero attached hydrogens (tertiary/aromatic N) is 2. The summed E-state index contributed by atoms with van der Waals surface area (Å²) in [6.07, 6.45) is 6.28. The maximum absolute atomic E-state index is 10.6. The van der Waals surface area contributed by atoms with Crippen molar-refractivity contribution in [1.82, 2.24) is 10.2 Å². The van der Waals surface area contributed by atoms with Gasteiger partial charge in [0, 0.05) is 25.0 Å². The van der Waals surface area contributed by atoms with Crippen LogP contribution in [0.3, 0.4) is 0 Å². The van der Waals surface area contributed by atoms with Crippen LogP contribution < -0.4 is 5.32 Å². The van der Waals surface area contributed by atoms with Crippen LogP contribution in [0.4, 0.5) is 0 Å². The van der Waals surface area contributed by atoms with Crippen LogP contribution in [0.5, 0.6) is 0 Å². The molecular weight excluding hydrogens is 294 g/mol. The van der Waals surface area contributed by atoms with Crippen molar-refractivity contribution in [3.8, 4) is 0 Å². The molecule has 1 saturated carbocycles. The standard InChI is InChI=1S/C17H29N3OS/c1-3-18-16(19-14-17(21)10-5-4-6-11-17)20(2)12-9-15-8-7-13-22-15/h7-8,13,21H,3-6,9-12,14H2,1-2H3,(H,18,19). The van der Waals surface area contributed by atoms with Crippen LogP contribution in [0.1, 0.15) is 43.9 Å². The molecule has 1 aliphatic carbocycles. The number of nitrogens with one attached hydrogen (secondary N) is 1.